The maximum atomic E-state index is 10.0. The van der Waals surface area contributed by atoms with Crippen molar-refractivity contribution < 1.29 is 9.53 Å². The first kappa shape index (κ1) is 8.46. The van der Waals surface area contributed by atoms with Crippen molar-refractivity contribution >= 4 is 17.5 Å². The van der Waals surface area contributed by atoms with Gasteiger partial charge in [-0.05, 0) is 0 Å². The van der Waals surface area contributed by atoms with E-state index in [2.05, 4.69) is 11.3 Å². The van der Waals surface area contributed by atoms with Crippen molar-refractivity contribution in [2.45, 2.75) is 0 Å². The zero-order chi connectivity index (χ0) is 7.28. The lowest BCUT2D eigenvalue weighted by atomic mass is 10.6. The van der Waals surface area contributed by atoms with Crippen LogP contribution in [0, 0.1) is 0 Å². The first-order valence-electron chi connectivity index (χ1n) is 2.32. The molecule has 0 unspecified atom stereocenters. The van der Waals surface area contributed by atoms with E-state index < -0.39 is 5.91 Å². The number of hydrogen-bond acceptors (Lipinski definition) is 2. The Bertz CT molecular complexity index is 110. The molecule has 0 radical (unpaired) electrons. The molecule has 0 atom stereocenters. The zero-order valence-electron chi connectivity index (χ0n) is 4.89. The van der Waals surface area contributed by atoms with Crippen LogP contribution in [0.2, 0.25) is 0 Å². The smallest absolute Gasteiger partial charge is 0.243 e. The molecule has 0 saturated carbocycles. The van der Waals surface area contributed by atoms with Crippen LogP contribution < -0.4 is 5.73 Å². The summed E-state index contributed by atoms with van der Waals surface area (Å²) in [5.41, 5.74) is 4.74. The van der Waals surface area contributed by atoms with Gasteiger partial charge in [-0.15, -0.1) is 0 Å². The van der Waals surface area contributed by atoms with Gasteiger partial charge in [-0.3, -0.25) is 4.79 Å². The lowest BCUT2D eigenvalue weighted by molar-refractivity contribution is -0.122. The third-order valence-corrected chi connectivity index (χ3v) is 0.612. The summed E-state index contributed by atoms with van der Waals surface area (Å²) < 4.78 is 4.65. The average molecular weight is 150 g/mol. The molecule has 0 rings (SSSR count). The van der Waals surface area contributed by atoms with Crippen LogP contribution in [0.15, 0.2) is 11.6 Å². The fraction of sp³-hybridized carbons (Fsp3) is 0.400. The van der Waals surface area contributed by atoms with Gasteiger partial charge in [0.2, 0.25) is 5.91 Å². The van der Waals surface area contributed by atoms with Crippen molar-refractivity contribution in [2.24, 2.45) is 5.73 Å². The quantitative estimate of drug-likeness (QED) is 0.623. The van der Waals surface area contributed by atoms with Crippen LogP contribution >= 0.6 is 11.6 Å². The Hall–Kier alpha value is -0.540. The van der Waals surface area contributed by atoms with Gasteiger partial charge in [0.25, 0.3) is 0 Å². The third kappa shape index (κ3) is 7.46. The van der Waals surface area contributed by atoms with Crippen molar-refractivity contribution in [1.29, 1.82) is 0 Å². The number of primary amides is 1. The minimum atomic E-state index is -0.507. The lowest BCUT2D eigenvalue weighted by Crippen LogP contribution is -2.18. The van der Waals surface area contributed by atoms with Crippen LogP contribution in [-0.4, -0.2) is 19.1 Å². The van der Waals surface area contributed by atoms with E-state index in [4.69, 9.17) is 17.3 Å². The largest absolute Gasteiger partial charge is 0.368 e. The number of hydrogen-bond donors (Lipinski definition) is 1. The highest BCUT2D eigenvalue weighted by Crippen LogP contribution is 1.95. The van der Waals surface area contributed by atoms with Crippen molar-refractivity contribution in [3.63, 3.8) is 0 Å². The lowest BCUT2D eigenvalue weighted by Gasteiger charge is -1.96. The molecule has 2 N–H and O–H groups in total. The molecule has 0 fully saturated rings. The molecule has 1 amide bonds. The topological polar surface area (TPSA) is 52.3 Å². The van der Waals surface area contributed by atoms with Gasteiger partial charge in [0.15, 0.2) is 0 Å². The van der Waals surface area contributed by atoms with Gasteiger partial charge in [0.1, 0.15) is 6.61 Å². The summed E-state index contributed by atoms with van der Waals surface area (Å²) in [6.07, 6.45) is 0. The van der Waals surface area contributed by atoms with Gasteiger partial charge >= 0.3 is 0 Å². The summed E-state index contributed by atoms with van der Waals surface area (Å²) in [4.78, 5) is 10.0. The first-order valence-corrected chi connectivity index (χ1v) is 2.70. The van der Waals surface area contributed by atoms with Gasteiger partial charge < -0.3 is 10.5 Å². The summed E-state index contributed by atoms with van der Waals surface area (Å²) in [7, 11) is 0. The number of halogens is 1. The Morgan fingerprint density at radius 3 is 2.56 bits per heavy atom. The van der Waals surface area contributed by atoms with Crippen LogP contribution in [0.3, 0.4) is 0 Å². The predicted molar refractivity (Wildman–Crippen MR) is 35.0 cm³/mol. The van der Waals surface area contributed by atoms with E-state index >= 15 is 0 Å². The van der Waals surface area contributed by atoms with E-state index in [9.17, 15) is 4.79 Å². The highest BCUT2D eigenvalue weighted by molar-refractivity contribution is 6.29. The molecule has 4 heteroatoms. The highest BCUT2D eigenvalue weighted by Gasteiger charge is 1.92. The fourth-order valence-corrected chi connectivity index (χ4v) is 0.340. The Morgan fingerprint density at radius 2 is 2.22 bits per heavy atom. The van der Waals surface area contributed by atoms with Gasteiger partial charge in [0.05, 0.1) is 6.61 Å². The molecule has 0 spiro atoms. The van der Waals surface area contributed by atoms with Gasteiger partial charge in [-0.25, -0.2) is 0 Å². The fourth-order valence-electron chi connectivity index (χ4n) is 0.262. The van der Waals surface area contributed by atoms with E-state index in [1.54, 1.807) is 0 Å². The minimum absolute atomic E-state index is 0.105. The van der Waals surface area contributed by atoms with Crippen molar-refractivity contribution in [1.82, 2.24) is 0 Å². The standard InChI is InChI=1S/C5H8ClNO2/c1-4(6)2-9-3-5(7)8/h1-3H2,(H2,7,8). The molecule has 0 saturated heterocycles. The number of rotatable bonds is 4. The average Bonchev–Trinajstić information content (AvgIpc) is 1.63. The molecule has 0 aromatic rings. The summed E-state index contributed by atoms with van der Waals surface area (Å²) in [6, 6.07) is 0. The molecule has 0 heterocycles. The van der Waals surface area contributed by atoms with Crippen molar-refractivity contribution in [3.05, 3.63) is 11.6 Å². The van der Waals surface area contributed by atoms with Crippen LogP contribution in [0.4, 0.5) is 0 Å². The number of carbonyl (C=O) groups is 1. The van der Waals surface area contributed by atoms with Gasteiger partial charge in [-0.1, -0.05) is 18.2 Å². The van der Waals surface area contributed by atoms with Crippen LogP contribution in [0.25, 0.3) is 0 Å². The predicted octanol–water partition coefficient (Wildman–Crippen LogP) is 0.241. The molecule has 0 aromatic carbocycles. The molecule has 0 aromatic heterocycles. The SMILES string of the molecule is C=C(Cl)COCC(N)=O. The summed E-state index contributed by atoms with van der Waals surface area (Å²) >= 11 is 5.29. The monoisotopic (exact) mass is 149 g/mol. The normalized spacial score (nSPS) is 9.00. The summed E-state index contributed by atoms with van der Waals surface area (Å²) in [5.74, 6) is -0.507. The number of amides is 1. The number of carbonyl (C=O) groups excluding carboxylic acids is 1. The second-order valence-electron chi connectivity index (χ2n) is 1.48. The second-order valence-corrected chi connectivity index (χ2v) is 2.01. The molecule has 0 bridgehead atoms. The van der Waals surface area contributed by atoms with E-state index in [-0.39, 0.29) is 13.2 Å². The first-order chi connectivity index (χ1) is 4.13. The molecule has 0 aliphatic rings. The molecular formula is C5H8ClNO2. The van der Waals surface area contributed by atoms with E-state index in [0.29, 0.717) is 5.03 Å². The van der Waals surface area contributed by atoms with Crippen LogP contribution in [0.1, 0.15) is 0 Å². The molecule has 0 aliphatic heterocycles. The van der Waals surface area contributed by atoms with Gasteiger partial charge in [-0.2, -0.15) is 0 Å². The van der Waals surface area contributed by atoms with Crippen molar-refractivity contribution in [2.75, 3.05) is 13.2 Å². The van der Waals surface area contributed by atoms with E-state index in [1.807, 2.05) is 0 Å². The molecular weight excluding hydrogens is 142 g/mol. The Balaban J connectivity index is 3.10. The van der Waals surface area contributed by atoms with Crippen LogP contribution in [0.5, 0.6) is 0 Å². The minimum Gasteiger partial charge on any atom is -0.368 e. The molecule has 3 nitrogen and oxygen atoms in total. The molecule has 0 aliphatic carbocycles. The summed E-state index contributed by atoms with van der Waals surface area (Å²) in [6.45, 7) is 3.41. The Morgan fingerprint density at radius 1 is 1.67 bits per heavy atom. The zero-order valence-corrected chi connectivity index (χ0v) is 5.65. The van der Waals surface area contributed by atoms with Crippen molar-refractivity contribution in [3.8, 4) is 0 Å². The van der Waals surface area contributed by atoms with Gasteiger partial charge in [0, 0.05) is 5.03 Å². The Labute approximate surface area is 58.4 Å². The number of ether oxygens (including phenoxy) is 1. The van der Waals surface area contributed by atoms with Crippen LogP contribution in [-0.2, 0) is 9.53 Å². The molecule has 52 valence electrons. The number of nitrogens with two attached hydrogens (primary N) is 1. The third-order valence-electron chi connectivity index (χ3n) is 0.503. The Kier molecular flexibility index (Phi) is 4.09. The van der Waals surface area contributed by atoms with E-state index in [0.717, 1.165) is 0 Å². The second kappa shape index (κ2) is 4.35. The van der Waals surface area contributed by atoms with E-state index in [1.165, 1.54) is 0 Å². The maximum absolute atomic E-state index is 10.0. The summed E-state index contributed by atoms with van der Waals surface area (Å²) in [5, 5.41) is 0.358. The highest BCUT2D eigenvalue weighted by atomic mass is 35.5. The maximum Gasteiger partial charge on any atom is 0.243 e. The molecule has 9 heavy (non-hydrogen) atoms.